The first-order valence-electron chi connectivity index (χ1n) is 9.59. The van der Waals surface area contributed by atoms with Crippen molar-refractivity contribution >= 4 is 28.5 Å². The summed E-state index contributed by atoms with van der Waals surface area (Å²) in [7, 11) is 0. The summed E-state index contributed by atoms with van der Waals surface area (Å²) in [5, 5.41) is 7.75. The third-order valence-electron chi connectivity index (χ3n) is 5.11. The molecule has 0 spiro atoms. The van der Waals surface area contributed by atoms with Crippen molar-refractivity contribution in [2.24, 2.45) is 5.92 Å². The van der Waals surface area contributed by atoms with Gasteiger partial charge in [0.1, 0.15) is 17.9 Å². The minimum absolute atomic E-state index is 0.204. The molecule has 5 nitrogen and oxygen atoms in total. The maximum absolute atomic E-state index is 12.8. The molecule has 0 saturated carbocycles. The summed E-state index contributed by atoms with van der Waals surface area (Å²) in [6.45, 7) is 2.92. The molecule has 2 aromatic carbocycles. The summed E-state index contributed by atoms with van der Waals surface area (Å²) in [6.07, 6.45) is 2.13. The predicted molar refractivity (Wildman–Crippen MR) is 110 cm³/mol. The van der Waals surface area contributed by atoms with Gasteiger partial charge in [0.25, 0.3) is 5.91 Å². The average Bonchev–Trinajstić information content (AvgIpc) is 3.35. The van der Waals surface area contributed by atoms with Crippen LogP contribution in [0, 0.1) is 5.92 Å². The first kappa shape index (κ1) is 18.8. The van der Waals surface area contributed by atoms with Crippen molar-refractivity contribution in [3.8, 4) is 5.75 Å². The van der Waals surface area contributed by atoms with Crippen LogP contribution >= 0.6 is 11.6 Å². The Morgan fingerprint density at radius 1 is 1.21 bits per heavy atom. The van der Waals surface area contributed by atoms with Crippen LogP contribution in [-0.4, -0.2) is 25.5 Å². The number of fused-ring (bicyclic) bond motifs is 1. The number of amides is 1. The standard InChI is InChI=1S/C22H23ClN2O3/c23-18-6-2-4-8-20(18)27-14-17-16-5-1-3-7-19(16)28-21(17)22(26)25-12-10-15-9-11-24-13-15/h1-8,15,24H,9-14H2,(H,25,26). The van der Waals surface area contributed by atoms with Gasteiger partial charge in [-0.1, -0.05) is 41.9 Å². The van der Waals surface area contributed by atoms with E-state index in [0.29, 0.717) is 34.6 Å². The SMILES string of the molecule is O=C(NCCC1CCNC1)c1oc2ccccc2c1COc1ccccc1Cl. The largest absolute Gasteiger partial charge is 0.487 e. The van der Waals surface area contributed by atoms with Crippen molar-refractivity contribution in [3.63, 3.8) is 0 Å². The zero-order valence-corrected chi connectivity index (χ0v) is 16.3. The van der Waals surface area contributed by atoms with Gasteiger partial charge in [0, 0.05) is 17.5 Å². The van der Waals surface area contributed by atoms with Crippen LogP contribution in [0.2, 0.25) is 5.02 Å². The number of hydrogen-bond donors (Lipinski definition) is 2. The van der Waals surface area contributed by atoms with E-state index in [9.17, 15) is 4.79 Å². The lowest BCUT2D eigenvalue weighted by molar-refractivity contribution is 0.0922. The molecule has 1 atom stereocenters. The minimum Gasteiger partial charge on any atom is -0.487 e. The Bertz CT molecular complexity index is 963. The van der Waals surface area contributed by atoms with Crippen molar-refractivity contribution in [2.75, 3.05) is 19.6 Å². The molecule has 0 aliphatic carbocycles. The highest BCUT2D eigenvalue weighted by molar-refractivity contribution is 6.32. The molecular weight excluding hydrogens is 376 g/mol. The summed E-state index contributed by atoms with van der Waals surface area (Å²) >= 11 is 6.18. The first-order valence-corrected chi connectivity index (χ1v) is 9.97. The molecule has 3 aromatic rings. The molecule has 1 aliphatic heterocycles. The Balaban J connectivity index is 1.51. The number of rotatable bonds is 7. The van der Waals surface area contributed by atoms with Crippen molar-refractivity contribution in [1.82, 2.24) is 10.6 Å². The number of carbonyl (C=O) groups is 1. The van der Waals surface area contributed by atoms with E-state index in [1.54, 1.807) is 12.1 Å². The van der Waals surface area contributed by atoms with Gasteiger partial charge >= 0.3 is 0 Å². The van der Waals surface area contributed by atoms with Gasteiger partial charge in [0.15, 0.2) is 5.76 Å². The van der Waals surface area contributed by atoms with Crippen LogP contribution in [0.5, 0.6) is 5.75 Å². The van der Waals surface area contributed by atoms with E-state index in [4.69, 9.17) is 20.8 Å². The highest BCUT2D eigenvalue weighted by atomic mass is 35.5. The molecule has 6 heteroatoms. The number of carbonyl (C=O) groups excluding carboxylic acids is 1. The van der Waals surface area contributed by atoms with E-state index in [-0.39, 0.29) is 12.5 Å². The molecule has 1 aliphatic rings. The number of para-hydroxylation sites is 2. The van der Waals surface area contributed by atoms with Crippen LogP contribution < -0.4 is 15.4 Å². The lowest BCUT2D eigenvalue weighted by atomic mass is 10.1. The molecule has 28 heavy (non-hydrogen) atoms. The first-order chi connectivity index (χ1) is 13.7. The smallest absolute Gasteiger partial charge is 0.287 e. The van der Waals surface area contributed by atoms with Gasteiger partial charge in [0.2, 0.25) is 0 Å². The highest BCUT2D eigenvalue weighted by Crippen LogP contribution is 2.29. The summed E-state index contributed by atoms with van der Waals surface area (Å²) in [5.41, 5.74) is 1.40. The fourth-order valence-corrected chi connectivity index (χ4v) is 3.76. The fourth-order valence-electron chi connectivity index (χ4n) is 3.57. The molecule has 146 valence electrons. The molecule has 2 N–H and O–H groups in total. The zero-order chi connectivity index (χ0) is 19.3. The fraction of sp³-hybridized carbons (Fsp3) is 0.318. The number of halogens is 1. The van der Waals surface area contributed by atoms with Gasteiger partial charge in [-0.25, -0.2) is 0 Å². The zero-order valence-electron chi connectivity index (χ0n) is 15.5. The lowest BCUT2D eigenvalue weighted by Gasteiger charge is -2.10. The monoisotopic (exact) mass is 398 g/mol. The van der Waals surface area contributed by atoms with E-state index in [1.807, 2.05) is 36.4 Å². The van der Waals surface area contributed by atoms with E-state index < -0.39 is 0 Å². The molecule has 0 bridgehead atoms. The van der Waals surface area contributed by atoms with Crippen LogP contribution in [-0.2, 0) is 6.61 Å². The van der Waals surface area contributed by atoms with Gasteiger partial charge in [-0.2, -0.15) is 0 Å². The lowest BCUT2D eigenvalue weighted by Crippen LogP contribution is -2.27. The maximum Gasteiger partial charge on any atom is 0.287 e. The molecule has 1 fully saturated rings. The van der Waals surface area contributed by atoms with Gasteiger partial charge in [-0.05, 0) is 50.0 Å². The highest BCUT2D eigenvalue weighted by Gasteiger charge is 2.22. The Labute approximate surface area is 169 Å². The Hall–Kier alpha value is -2.50. The van der Waals surface area contributed by atoms with Crippen molar-refractivity contribution in [3.05, 3.63) is 64.9 Å². The second-order valence-electron chi connectivity index (χ2n) is 7.03. The average molecular weight is 399 g/mol. The quantitative estimate of drug-likeness (QED) is 0.619. The van der Waals surface area contributed by atoms with E-state index in [0.717, 1.165) is 36.9 Å². The Kier molecular flexibility index (Phi) is 5.84. The number of benzene rings is 2. The molecule has 1 saturated heterocycles. The molecule has 0 radical (unpaired) electrons. The summed E-state index contributed by atoms with van der Waals surface area (Å²) in [6, 6.07) is 14.9. The van der Waals surface area contributed by atoms with E-state index in [2.05, 4.69) is 10.6 Å². The Morgan fingerprint density at radius 3 is 2.86 bits per heavy atom. The van der Waals surface area contributed by atoms with Crippen LogP contribution in [0.1, 0.15) is 29.0 Å². The minimum atomic E-state index is -0.208. The second kappa shape index (κ2) is 8.67. The molecule has 1 unspecified atom stereocenters. The number of nitrogens with one attached hydrogen (secondary N) is 2. The third kappa shape index (κ3) is 4.16. The van der Waals surface area contributed by atoms with E-state index in [1.165, 1.54) is 0 Å². The van der Waals surface area contributed by atoms with Gasteiger partial charge < -0.3 is 19.8 Å². The summed E-state index contributed by atoms with van der Waals surface area (Å²) < 4.78 is 11.8. The predicted octanol–water partition coefficient (Wildman–Crippen LogP) is 4.39. The number of furan rings is 1. The molecule has 4 rings (SSSR count). The van der Waals surface area contributed by atoms with Gasteiger partial charge in [-0.15, -0.1) is 0 Å². The number of ether oxygens (including phenoxy) is 1. The van der Waals surface area contributed by atoms with Crippen LogP contribution in [0.25, 0.3) is 11.0 Å². The maximum atomic E-state index is 12.8. The number of hydrogen-bond acceptors (Lipinski definition) is 4. The van der Waals surface area contributed by atoms with Gasteiger partial charge in [-0.3, -0.25) is 4.79 Å². The van der Waals surface area contributed by atoms with Crippen molar-refractivity contribution in [1.29, 1.82) is 0 Å². The van der Waals surface area contributed by atoms with Crippen molar-refractivity contribution in [2.45, 2.75) is 19.4 Å². The molecule has 1 amide bonds. The molecule has 2 heterocycles. The summed E-state index contributed by atoms with van der Waals surface area (Å²) in [4.78, 5) is 12.8. The van der Waals surface area contributed by atoms with Crippen molar-refractivity contribution < 1.29 is 13.9 Å². The Morgan fingerprint density at radius 2 is 2.04 bits per heavy atom. The normalized spacial score (nSPS) is 16.4. The van der Waals surface area contributed by atoms with Gasteiger partial charge in [0.05, 0.1) is 5.02 Å². The van der Waals surface area contributed by atoms with Crippen LogP contribution in [0.4, 0.5) is 0 Å². The second-order valence-corrected chi connectivity index (χ2v) is 7.44. The molecular formula is C22H23ClN2O3. The summed E-state index contributed by atoms with van der Waals surface area (Å²) in [5.74, 6) is 1.30. The molecule has 1 aromatic heterocycles. The van der Waals surface area contributed by atoms with Crippen LogP contribution in [0.15, 0.2) is 52.9 Å². The third-order valence-corrected chi connectivity index (χ3v) is 5.43. The topological polar surface area (TPSA) is 63.5 Å². The van der Waals surface area contributed by atoms with E-state index >= 15 is 0 Å². The van der Waals surface area contributed by atoms with Crippen LogP contribution in [0.3, 0.4) is 0 Å².